The molecule has 0 unspecified atom stereocenters. The first-order chi connectivity index (χ1) is 7.79. The number of nitrogens with two attached hydrogens (primary N) is 1. The molecule has 2 rings (SSSR count). The summed E-state index contributed by atoms with van der Waals surface area (Å²) in [5.41, 5.74) is 6.67. The quantitative estimate of drug-likeness (QED) is 0.788. The minimum atomic E-state index is 0.196. The predicted octanol–water partition coefficient (Wildman–Crippen LogP) is 1.64. The summed E-state index contributed by atoms with van der Waals surface area (Å²) < 4.78 is 0. The molecule has 1 aromatic rings. The van der Waals surface area contributed by atoms with Crippen LogP contribution in [0.25, 0.3) is 0 Å². The summed E-state index contributed by atoms with van der Waals surface area (Å²) in [6, 6.07) is 6.05. The summed E-state index contributed by atoms with van der Waals surface area (Å²) in [6.07, 6.45) is 6.22. The van der Waals surface area contributed by atoms with Gasteiger partial charge in [-0.25, -0.2) is 4.98 Å². The van der Waals surface area contributed by atoms with Crippen LogP contribution in [-0.2, 0) is 0 Å². The summed E-state index contributed by atoms with van der Waals surface area (Å²) in [6.45, 7) is 0. The predicted molar refractivity (Wildman–Crippen MR) is 62.8 cm³/mol. The van der Waals surface area contributed by atoms with Gasteiger partial charge < -0.3 is 11.1 Å². The van der Waals surface area contributed by atoms with Gasteiger partial charge in [-0.15, -0.1) is 0 Å². The maximum atomic E-state index is 8.79. The van der Waals surface area contributed by atoms with E-state index in [9.17, 15) is 0 Å². The summed E-state index contributed by atoms with van der Waals surface area (Å²) in [4.78, 5) is 4.20. The summed E-state index contributed by atoms with van der Waals surface area (Å²) >= 11 is 0. The average Bonchev–Trinajstić information content (AvgIpc) is 2.32. The highest BCUT2D eigenvalue weighted by atomic mass is 15.0. The molecule has 16 heavy (non-hydrogen) atoms. The second-order valence-corrected chi connectivity index (χ2v) is 4.24. The maximum absolute atomic E-state index is 8.79. The van der Waals surface area contributed by atoms with E-state index in [0.29, 0.717) is 5.56 Å². The SMILES string of the molecule is N#Cc1ccnc(N[C@@H]2CCCC[C@@H]2N)c1. The number of pyridine rings is 1. The Balaban J connectivity index is 2.05. The topological polar surface area (TPSA) is 74.7 Å². The van der Waals surface area contributed by atoms with E-state index in [1.807, 2.05) is 0 Å². The molecule has 0 amide bonds. The van der Waals surface area contributed by atoms with E-state index < -0.39 is 0 Å². The number of nitrogens with one attached hydrogen (secondary N) is 1. The molecule has 1 aliphatic carbocycles. The Hall–Kier alpha value is -1.60. The summed E-state index contributed by atoms with van der Waals surface area (Å²) in [7, 11) is 0. The van der Waals surface area contributed by atoms with Crippen molar-refractivity contribution in [3.05, 3.63) is 23.9 Å². The molecule has 0 bridgehead atoms. The third kappa shape index (κ3) is 2.50. The van der Waals surface area contributed by atoms with E-state index in [-0.39, 0.29) is 12.1 Å². The molecule has 0 aliphatic heterocycles. The summed E-state index contributed by atoms with van der Waals surface area (Å²) in [5.74, 6) is 0.751. The molecule has 0 saturated heterocycles. The van der Waals surface area contributed by atoms with Crippen molar-refractivity contribution in [2.24, 2.45) is 5.73 Å². The molecule has 0 radical (unpaired) electrons. The molecule has 1 saturated carbocycles. The van der Waals surface area contributed by atoms with Crippen LogP contribution in [-0.4, -0.2) is 17.1 Å². The molecule has 4 heteroatoms. The van der Waals surface area contributed by atoms with Crippen molar-refractivity contribution in [1.82, 2.24) is 4.98 Å². The molecule has 1 heterocycles. The number of rotatable bonds is 2. The van der Waals surface area contributed by atoms with Gasteiger partial charge in [0.25, 0.3) is 0 Å². The van der Waals surface area contributed by atoms with Gasteiger partial charge in [0.1, 0.15) is 5.82 Å². The lowest BCUT2D eigenvalue weighted by atomic mass is 9.91. The number of nitriles is 1. The van der Waals surface area contributed by atoms with Gasteiger partial charge >= 0.3 is 0 Å². The fraction of sp³-hybridized carbons (Fsp3) is 0.500. The Morgan fingerprint density at radius 3 is 3.00 bits per heavy atom. The van der Waals surface area contributed by atoms with Gasteiger partial charge in [-0.1, -0.05) is 12.8 Å². The minimum absolute atomic E-state index is 0.196. The van der Waals surface area contributed by atoms with Crippen molar-refractivity contribution in [2.45, 2.75) is 37.8 Å². The zero-order valence-electron chi connectivity index (χ0n) is 9.19. The van der Waals surface area contributed by atoms with Crippen LogP contribution in [0.2, 0.25) is 0 Å². The largest absolute Gasteiger partial charge is 0.366 e. The first-order valence-electron chi connectivity index (χ1n) is 5.68. The van der Waals surface area contributed by atoms with Crippen molar-refractivity contribution in [2.75, 3.05) is 5.32 Å². The lowest BCUT2D eigenvalue weighted by molar-refractivity contribution is 0.403. The molecule has 1 aliphatic rings. The lowest BCUT2D eigenvalue weighted by Gasteiger charge is -2.29. The normalized spacial score (nSPS) is 24.8. The monoisotopic (exact) mass is 216 g/mol. The molecule has 1 aromatic heterocycles. The van der Waals surface area contributed by atoms with E-state index in [4.69, 9.17) is 11.0 Å². The van der Waals surface area contributed by atoms with E-state index >= 15 is 0 Å². The Labute approximate surface area is 95.5 Å². The number of nitrogens with zero attached hydrogens (tertiary/aromatic N) is 2. The second kappa shape index (κ2) is 4.95. The Bertz CT molecular complexity index is 396. The van der Waals surface area contributed by atoms with Gasteiger partial charge in [0.15, 0.2) is 0 Å². The molecule has 4 nitrogen and oxygen atoms in total. The molecule has 2 atom stereocenters. The highest BCUT2D eigenvalue weighted by molar-refractivity contribution is 5.43. The zero-order chi connectivity index (χ0) is 11.4. The minimum Gasteiger partial charge on any atom is -0.366 e. The van der Waals surface area contributed by atoms with Crippen molar-refractivity contribution in [3.63, 3.8) is 0 Å². The van der Waals surface area contributed by atoms with Gasteiger partial charge in [0.2, 0.25) is 0 Å². The third-order valence-corrected chi connectivity index (χ3v) is 3.04. The van der Waals surface area contributed by atoms with Crippen LogP contribution in [0.5, 0.6) is 0 Å². The van der Waals surface area contributed by atoms with Crippen molar-refractivity contribution >= 4 is 5.82 Å². The molecule has 1 fully saturated rings. The zero-order valence-corrected chi connectivity index (χ0v) is 9.19. The van der Waals surface area contributed by atoms with Crippen LogP contribution < -0.4 is 11.1 Å². The van der Waals surface area contributed by atoms with E-state index in [0.717, 1.165) is 18.7 Å². The molecule has 0 spiro atoms. The maximum Gasteiger partial charge on any atom is 0.127 e. The van der Waals surface area contributed by atoms with Gasteiger partial charge in [0, 0.05) is 18.3 Å². The fourth-order valence-electron chi connectivity index (χ4n) is 2.11. The molecule has 84 valence electrons. The van der Waals surface area contributed by atoms with Gasteiger partial charge in [-0.3, -0.25) is 0 Å². The van der Waals surface area contributed by atoms with Crippen LogP contribution in [0.3, 0.4) is 0 Å². The Kier molecular flexibility index (Phi) is 3.37. The fourth-order valence-corrected chi connectivity index (χ4v) is 2.11. The lowest BCUT2D eigenvalue weighted by Crippen LogP contribution is -2.42. The standard InChI is InChI=1S/C12H16N4/c13-8-9-5-6-15-12(7-9)16-11-4-2-1-3-10(11)14/h5-7,10-11H,1-4,14H2,(H,15,16)/t10-,11+/m0/s1. The Morgan fingerprint density at radius 2 is 2.25 bits per heavy atom. The third-order valence-electron chi connectivity index (χ3n) is 3.04. The number of anilines is 1. The average molecular weight is 216 g/mol. The van der Waals surface area contributed by atoms with E-state index in [2.05, 4.69) is 16.4 Å². The number of hydrogen-bond acceptors (Lipinski definition) is 4. The molecular weight excluding hydrogens is 200 g/mol. The van der Waals surface area contributed by atoms with E-state index in [1.165, 1.54) is 12.8 Å². The summed E-state index contributed by atoms with van der Waals surface area (Å²) in [5, 5.41) is 12.1. The molecular formula is C12H16N4. The smallest absolute Gasteiger partial charge is 0.127 e. The van der Waals surface area contributed by atoms with Crippen LogP contribution in [0, 0.1) is 11.3 Å². The van der Waals surface area contributed by atoms with Crippen molar-refractivity contribution in [3.8, 4) is 6.07 Å². The van der Waals surface area contributed by atoms with Gasteiger partial charge in [-0.2, -0.15) is 5.26 Å². The number of hydrogen-bond donors (Lipinski definition) is 2. The van der Waals surface area contributed by atoms with Crippen LogP contribution >= 0.6 is 0 Å². The van der Waals surface area contributed by atoms with Crippen molar-refractivity contribution in [1.29, 1.82) is 5.26 Å². The van der Waals surface area contributed by atoms with Crippen LogP contribution in [0.1, 0.15) is 31.2 Å². The molecule has 3 N–H and O–H groups in total. The number of aromatic nitrogens is 1. The van der Waals surface area contributed by atoms with Crippen LogP contribution in [0.4, 0.5) is 5.82 Å². The highest BCUT2D eigenvalue weighted by Gasteiger charge is 2.21. The van der Waals surface area contributed by atoms with Gasteiger partial charge in [-0.05, 0) is 25.0 Å². The molecule has 0 aromatic carbocycles. The Morgan fingerprint density at radius 1 is 1.44 bits per heavy atom. The van der Waals surface area contributed by atoms with Gasteiger partial charge in [0.05, 0.1) is 11.6 Å². The van der Waals surface area contributed by atoms with Crippen LogP contribution in [0.15, 0.2) is 18.3 Å². The van der Waals surface area contributed by atoms with E-state index in [1.54, 1.807) is 18.3 Å². The second-order valence-electron chi connectivity index (χ2n) is 4.24. The first-order valence-corrected chi connectivity index (χ1v) is 5.68. The van der Waals surface area contributed by atoms with Crippen molar-refractivity contribution < 1.29 is 0 Å². The highest BCUT2D eigenvalue weighted by Crippen LogP contribution is 2.20. The first kappa shape index (κ1) is 10.9.